The lowest BCUT2D eigenvalue weighted by molar-refractivity contribution is -0.115. The number of fused-ring (bicyclic) bond motifs is 2. The Kier molecular flexibility index (Phi) is 6.65. The molecule has 180 valence electrons. The quantitative estimate of drug-likeness (QED) is 0.271. The second-order valence-corrected chi connectivity index (χ2v) is 9.90. The molecule has 1 atom stereocenters. The first-order valence-corrected chi connectivity index (χ1v) is 12.8. The largest absolute Gasteiger partial charge is 0.495 e. The molecule has 4 aromatic rings. The fourth-order valence-electron chi connectivity index (χ4n) is 3.79. The molecule has 0 aliphatic carbocycles. The molecule has 8 nitrogen and oxygen atoms in total. The van der Waals surface area contributed by atoms with Crippen molar-refractivity contribution in [2.75, 3.05) is 19.2 Å². The number of aromatic nitrogens is 2. The Labute approximate surface area is 209 Å². The van der Waals surface area contributed by atoms with E-state index in [2.05, 4.69) is 5.32 Å². The Morgan fingerprint density at radius 2 is 2.06 bits per heavy atom. The van der Waals surface area contributed by atoms with Crippen LogP contribution in [0.5, 0.6) is 17.2 Å². The van der Waals surface area contributed by atoms with Crippen LogP contribution < -0.4 is 25.1 Å². The van der Waals surface area contributed by atoms with Crippen LogP contribution in [0.25, 0.3) is 10.2 Å². The number of nitrogens with zero attached hydrogens (tertiary/aromatic N) is 2. The molecule has 3 heterocycles. The Balaban J connectivity index is 1.46. The van der Waals surface area contributed by atoms with Crippen molar-refractivity contribution in [3.8, 4) is 17.2 Å². The number of carbonyl (C=O) groups excluding carboxylic acids is 1. The van der Waals surface area contributed by atoms with E-state index in [9.17, 15) is 9.59 Å². The van der Waals surface area contributed by atoms with Gasteiger partial charge in [-0.05, 0) is 47.7 Å². The molecule has 0 fully saturated rings. The fraction of sp³-hybridized carbons (Fsp3) is 0.240. The van der Waals surface area contributed by atoms with Crippen LogP contribution in [-0.4, -0.2) is 34.6 Å². The van der Waals surface area contributed by atoms with E-state index in [1.807, 2.05) is 48.7 Å². The molecule has 1 aliphatic heterocycles. The third kappa shape index (κ3) is 4.71. The summed E-state index contributed by atoms with van der Waals surface area (Å²) in [6.45, 7) is 2.41. The number of nitrogens with one attached hydrogen (secondary N) is 1. The molecule has 0 radical (unpaired) electrons. The first-order chi connectivity index (χ1) is 17.1. The predicted molar refractivity (Wildman–Crippen MR) is 137 cm³/mol. The zero-order chi connectivity index (χ0) is 24.4. The van der Waals surface area contributed by atoms with Gasteiger partial charge in [0.15, 0.2) is 16.7 Å². The molecule has 10 heteroatoms. The summed E-state index contributed by atoms with van der Waals surface area (Å²) in [4.78, 5) is 31.3. The number of benzene rings is 2. The highest BCUT2D eigenvalue weighted by molar-refractivity contribution is 8.00. The second kappa shape index (κ2) is 10.0. The Morgan fingerprint density at radius 1 is 1.23 bits per heavy atom. The minimum Gasteiger partial charge on any atom is -0.495 e. The van der Waals surface area contributed by atoms with Crippen molar-refractivity contribution in [2.45, 2.75) is 30.3 Å². The molecule has 5 rings (SSSR count). The number of para-hydroxylation sites is 2. The summed E-state index contributed by atoms with van der Waals surface area (Å²) in [6, 6.07) is 14.7. The monoisotopic (exact) mass is 509 g/mol. The summed E-state index contributed by atoms with van der Waals surface area (Å²) in [6.07, 6.45) is 0.549. The maximum absolute atomic E-state index is 13.4. The number of ether oxygens (including phenoxy) is 3. The van der Waals surface area contributed by atoms with Gasteiger partial charge in [-0.15, -0.1) is 11.3 Å². The van der Waals surface area contributed by atoms with Gasteiger partial charge in [0.25, 0.3) is 5.56 Å². The lowest BCUT2D eigenvalue weighted by Crippen LogP contribution is -2.28. The number of methoxy groups -OCH3 is 1. The Hall–Kier alpha value is -3.50. The van der Waals surface area contributed by atoms with Gasteiger partial charge in [-0.25, -0.2) is 4.98 Å². The van der Waals surface area contributed by atoms with Gasteiger partial charge in [0.1, 0.15) is 10.4 Å². The molecule has 1 amide bonds. The van der Waals surface area contributed by atoms with Crippen molar-refractivity contribution >= 4 is 44.9 Å². The van der Waals surface area contributed by atoms with Gasteiger partial charge in [-0.2, -0.15) is 0 Å². The lowest BCUT2D eigenvalue weighted by atomic mass is 10.2. The number of hydrogen-bond donors (Lipinski definition) is 1. The average molecular weight is 510 g/mol. The molecule has 35 heavy (non-hydrogen) atoms. The number of carbonyl (C=O) groups is 1. The van der Waals surface area contributed by atoms with Gasteiger partial charge in [-0.3, -0.25) is 14.2 Å². The maximum Gasteiger partial charge on any atom is 0.272 e. The topological polar surface area (TPSA) is 91.7 Å². The zero-order valence-corrected chi connectivity index (χ0v) is 20.8. The van der Waals surface area contributed by atoms with Crippen LogP contribution >= 0.6 is 23.1 Å². The summed E-state index contributed by atoms with van der Waals surface area (Å²) >= 11 is 2.64. The van der Waals surface area contributed by atoms with E-state index >= 15 is 0 Å². The molecule has 1 N–H and O–H groups in total. The first-order valence-electron chi connectivity index (χ1n) is 11.0. The summed E-state index contributed by atoms with van der Waals surface area (Å²) < 4.78 is 18.5. The number of thiophene rings is 1. The third-order valence-electron chi connectivity index (χ3n) is 5.58. The van der Waals surface area contributed by atoms with Crippen molar-refractivity contribution in [2.24, 2.45) is 0 Å². The van der Waals surface area contributed by atoms with Gasteiger partial charge >= 0.3 is 0 Å². The minimum atomic E-state index is -0.467. The molecule has 0 bridgehead atoms. The zero-order valence-electron chi connectivity index (χ0n) is 19.1. The molecule has 0 saturated heterocycles. The number of hydrogen-bond acceptors (Lipinski definition) is 8. The van der Waals surface area contributed by atoms with E-state index in [0.29, 0.717) is 51.3 Å². The van der Waals surface area contributed by atoms with E-state index in [0.717, 1.165) is 5.56 Å². The summed E-state index contributed by atoms with van der Waals surface area (Å²) in [7, 11) is 1.56. The molecule has 2 aromatic heterocycles. The van der Waals surface area contributed by atoms with Crippen molar-refractivity contribution in [1.82, 2.24) is 9.55 Å². The smallest absolute Gasteiger partial charge is 0.272 e. The van der Waals surface area contributed by atoms with Crippen molar-refractivity contribution in [1.29, 1.82) is 0 Å². The lowest BCUT2D eigenvalue weighted by Gasteiger charge is -2.18. The minimum absolute atomic E-state index is 0.134. The van der Waals surface area contributed by atoms with Gasteiger partial charge in [0.05, 0.1) is 30.1 Å². The van der Waals surface area contributed by atoms with E-state index in [1.54, 1.807) is 23.8 Å². The molecule has 2 aromatic carbocycles. The van der Waals surface area contributed by atoms with Gasteiger partial charge < -0.3 is 19.5 Å². The summed E-state index contributed by atoms with van der Waals surface area (Å²) in [5, 5.41) is 4.82. The van der Waals surface area contributed by atoms with Gasteiger partial charge in [-0.1, -0.05) is 36.9 Å². The SMILES string of the molecule is CC[C@@H](Sc1nc2ccsc2c(=O)n1Cc1ccc2c(c1)OCO2)C(=O)Nc1ccccc1OC. The Bertz CT molecular complexity index is 1450. The van der Waals surface area contributed by atoms with Crippen molar-refractivity contribution < 1.29 is 19.0 Å². The Morgan fingerprint density at radius 3 is 2.89 bits per heavy atom. The molecule has 0 spiro atoms. The highest BCUT2D eigenvalue weighted by Crippen LogP contribution is 2.34. The summed E-state index contributed by atoms with van der Waals surface area (Å²) in [5.41, 5.74) is 1.97. The van der Waals surface area contributed by atoms with E-state index < -0.39 is 5.25 Å². The average Bonchev–Trinajstić information content (AvgIpc) is 3.54. The third-order valence-corrected chi connectivity index (χ3v) is 7.83. The molecule has 1 aliphatic rings. The number of thioether (sulfide) groups is 1. The standard InChI is InChI=1S/C25H23N3O5S2/c1-3-21(23(29)26-16-6-4-5-7-18(16)31-2)35-25-27-17-10-11-34-22(17)24(30)28(25)13-15-8-9-19-20(12-15)33-14-32-19/h4-12,21H,3,13-14H2,1-2H3,(H,26,29)/t21-/m1/s1. The van der Waals surface area contributed by atoms with Crippen LogP contribution in [0.1, 0.15) is 18.9 Å². The number of amides is 1. The van der Waals surface area contributed by atoms with Gasteiger partial charge in [0, 0.05) is 0 Å². The predicted octanol–water partition coefficient (Wildman–Crippen LogP) is 4.75. The summed E-state index contributed by atoms with van der Waals surface area (Å²) in [5.74, 6) is 1.73. The fourth-order valence-corrected chi connectivity index (χ4v) is 5.58. The molecule has 0 unspecified atom stereocenters. The number of rotatable bonds is 8. The van der Waals surface area contributed by atoms with Crippen LogP contribution in [0.4, 0.5) is 5.69 Å². The van der Waals surface area contributed by atoms with Crippen LogP contribution in [0, 0.1) is 0 Å². The van der Waals surface area contributed by atoms with E-state index in [4.69, 9.17) is 19.2 Å². The van der Waals surface area contributed by atoms with Crippen molar-refractivity contribution in [3.63, 3.8) is 0 Å². The number of anilines is 1. The van der Waals surface area contributed by atoms with E-state index in [1.165, 1.54) is 23.1 Å². The van der Waals surface area contributed by atoms with Crippen LogP contribution in [0.15, 0.2) is 63.9 Å². The van der Waals surface area contributed by atoms with E-state index in [-0.39, 0.29) is 18.3 Å². The van der Waals surface area contributed by atoms with Crippen molar-refractivity contribution in [3.05, 3.63) is 69.8 Å². The van der Waals surface area contributed by atoms with Gasteiger partial charge in [0.2, 0.25) is 12.7 Å². The molecular weight excluding hydrogens is 486 g/mol. The molecular formula is C25H23N3O5S2. The van der Waals surface area contributed by atoms with Crippen LogP contribution in [-0.2, 0) is 11.3 Å². The maximum atomic E-state index is 13.4. The van der Waals surface area contributed by atoms with Crippen LogP contribution in [0.2, 0.25) is 0 Å². The second-order valence-electron chi connectivity index (χ2n) is 7.81. The normalized spacial score (nSPS) is 13.1. The molecule has 0 saturated carbocycles. The highest BCUT2D eigenvalue weighted by atomic mass is 32.2. The van der Waals surface area contributed by atoms with Crippen LogP contribution in [0.3, 0.4) is 0 Å². The highest BCUT2D eigenvalue weighted by Gasteiger charge is 2.24. The first kappa shape index (κ1) is 23.3.